The molecule has 0 saturated heterocycles. The van der Waals surface area contributed by atoms with Gasteiger partial charge in [-0.25, -0.2) is 9.97 Å². The number of hydrogen-bond donors (Lipinski definition) is 1. The number of aryl methyl sites for hydroxylation is 3. The first kappa shape index (κ1) is 17.4. The zero-order valence-electron chi connectivity index (χ0n) is 14.5. The van der Waals surface area contributed by atoms with Crippen LogP contribution in [0.25, 0.3) is 10.6 Å². The lowest BCUT2D eigenvalue weighted by Crippen LogP contribution is -2.23. The summed E-state index contributed by atoms with van der Waals surface area (Å²) in [6, 6.07) is 9.95. The molecule has 4 nitrogen and oxygen atoms in total. The number of carbonyl (C=O) groups excluding carboxylic acids is 1. The predicted molar refractivity (Wildman–Crippen MR) is 107 cm³/mol. The number of fused-ring (bicyclic) bond motifs is 1. The van der Waals surface area contributed by atoms with Crippen LogP contribution in [0, 0.1) is 0 Å². The van der Waals surface area contributed by atoms with E-state index in [9.17, 15) is 4.79 Å². The van der Waals surface area contributed by atoms with Crippen LogP contribution in [-0.4, -0.2) is 22.4 Å². The van der Waals surface area contributed by atoms with Crippen molar-refractivity contribution in [3.8, 4) is 10.6 Å². The highest BCUT2D eigenvalue weighted by Crippen LogP contribution is 2.27. The van der Waals surface area contributed by atoms with Crippen molar-refractivity contribution in [3.63, 3.8) is 0 Å². The third kappa shape index (κ3) is 4.02. The third-order valence-electron chi connectivity index (χ3n) is 4.49. The SMILES string of the molecule is O=C(NCCCc1nc2c(s1)CCCC2)c1cnc(-c2ccccc2)s1. The van der Waals surface area contributed by atoms with Crippen LogP contribution in [0.3, 0.4) is 0 Å². The summed E-state index contributed by atoms with van der Waals surface area (Å²) in [7, 11) is 0. The van der Waals surface area contributed by atoms with Crippen molar-refractivity contribution in [1.29, 1.82) is 0 Å². The van der Waals surface area contributed by atoms with Gasteiger partial charge in [0.05, 0.1) is 16.9 Å². The molecule has 2 heterocycles. The Bertz CT molecular complexity index is 862. The summed E-state index contributed by atoms with van der Waals surface area (Å²) in [5.41, 5.74) is 2.36. The van der Waals surface area contributed by atoms with Crippen molar-refractivity contribution in [2.45, 2.75) is 38.5 Å². The topological polar surface area (TPSA) is 54.9 Å². The van der Waals surface area contributed by atoms with E-state index in [0.717, 1.165) is 29.8 Å². The number of benzene rings is 1. The monoisotopic (exact) mass is 383 g/mol. The van der Waals surface area contributed by atoms with Crippen molar-refractivity contribution in [2.24, 2.45) is 0 Å². The third-order valence-corrected chi connectivity index (χ3v) is 6.76. The fourth-order valence-corrected chi connectivity index (χ4v) is 5.17. The first-order valence-corrected chi connectivity index (χ1v) is 10.7. The second kappa shape index (κ2) is 8.10. The minimum atomic E-state index is -0.0388. The van der Waals surface area contributed by atoms with Crippen molar-refractivity contribution in [2.75, 3.05) is 6.54 Å². The van der Waals surface area contributed by atoms with E-state index < -0.39 is 0 Å². The molecule has 4 rings (SSSR count). The summed E-state index contributed by atoms with van der Waals surface area (Å²) in [5.74, 6) is -0.0388. The van der Waals surface area contributed by atoms with E-state index in [0.29, 0.717) is 11.4 Å². The van der Waals surface area contributed by atoms with Crippen LogP contribution in [0.1, 0.15) is 44.5 Å². The maximum atomic E-state index is 12.3. The van der Waals surface area contributed by atoms with E-state index in [2.05, 4.69) is 10.3 Å². The van der Waals surface area contributed by atoms with Gasteiger partial charge in [0.25, 0.3) is 5.91 Å². The molecule has 134 valence electrons. The van der Waals surface area contributed by atoms with Gasteiger partial charge in [0.2, 0.25) is 0 Å². The molecule has 6 heteroatoms. The Morgan fingerprint density at radius 3 is 2.81 bits per heavy atom. The maximum absolute atomic E-state index is 12.3. The Balaban J connectivity index is 1.26. The molecule has 3 aromatic rings. The number of aromatic nitrogens is 2. The van der Waals surface area contributed by atoms with Crippen LogP contribution >= 0.6 is 22.7 Å². The number of rotatable bonds is 6. The van der Waals surface area contributed by atoms with Crippen LogP contribution in [0.5, 0.6) is 0 Å². The molecule has 26 heavy (non-hydrogen) atoms. The van der Waals surface area contributed by atoms with Gasteiger partial charge in [-0.05, 0) is 32.1 Å². The molecule has 1 N–H and O–H groups in total. The van der Waals surface area contributed by atoms with E-state index in [1.807, 2.05) is 41.7 Å². The summed E-state index contributed by atoms with van der Waals surface area (Å²) in [4.78, 5) is 23.6. The van der Waals surface area contributed by atoms with Gasteiger partial charge in [-0.3, -0.25) is 4.79 Å². The average Bonchev–Trinajstić information content (AvgIpc) is 3.32. The molecule has 0 unspecified atom stereocenters. The standard InChI is InChI=1S/C20H21N3OS2/c24-19(17-13-22-20(26-17)14-7-2-1-3-8-14)21-12-6-11-18-23-15-9-4-5-10-16(15)25-18/h1-3,7-8,13H,4-6,9-12H2,(H,21,24). The fraction of sp³-hybridized carbons (Fsp3) is 0.350. The van der Waals surface area contributed by atoms with Gasteiger partial charge in [0.15, 0.2) is 0 Å². The molecule has 0 bridgehead atoms. The zero-order chi connectivity index (χ0) is 17.8. The van der Waals surface area contributed by atoms with Gasteiger partial charge in [0, 0.05) is 23.4 Å². The largest absolute Gasteiger partial charge is 0.351 e. The van der Waals surface area contributed by atoms with Gasteiger partial charge < -0.3 is 5.32 Å². The van der Waals surface area contributed by atoms with Crippen LogP contribution in [-0.2, 0) is 19.3 Å². The second-order valence-corrected chi connectivity index (χ2v) is 8.64. The summed E-state index contributed by atoms with van der Waals surface area (Å²) < 4.78 is 0. The smallest absolute Gasteiger partial charge is 0.263 e. The van der Waals surface area contributed by atoms with E-state index in [1.165, 1.54) is 46.2 Å². The summed E-state index contributed by atoms with van der Waals surface area (Å²) in [5, 5.41) is 5.10. The van der Waals surface area contributed by atoms with Gasteiger partial charge in [-0.2, -0.15) is 0 Å². The molecule has 0 saturated carbocycles. The highest BCUT2D eigenvalue weighted by Gasteiger charge is 2.15. The second-order valence-electron chi connectivity index (χ2n) is 6.44. The van der Waals surface area contributed by atoms with Crippen LogP contribution in [0.4, 0.5) is 0 Å². The Kier molecular flexibility index (Phi) is 5.41. The minimum Gasteiger partial charge on any atom is -0.351 e. The molecule has 0 fully saturated rings. The Hall–Kier alpha value is -2.05. The minimum absolute atomic E-state index is 0.0388. The molecule has 0 radical (unpaired) electrons. The van der Waals surface area contributed by atoms with Gasteiger partial charge >= 0.3 is 0 Å². The lowest BCUT2D eigenvalue weighted by molar-refractivity contribution is 0.0957. The molecule has 1 aliphatic carbocycles. The Morgan fingerprint density at radius 1 is 1.12 bits per heavy atom. The van der Waals surface area contributed by atoms with Crippen LogP contribution in [0.15, 0.2) is 36.5 Å². The highest BCUT2D eigenvalue weighted by molar-refractivity contribution is 7.16. The van der Waals surface area contributed by atoms with E-state index in [1.54, 1.807) is 6.20 Å². The van der Waals surface area contributed by atoms with E-state index in [-0.39, 0.29) is 5.91 Å². The first-order valence-electron chi connectivity index (χ1n) is 9.06. The first-order chi connectivity index (χ1) is 12.8. The van der Waals surface area contributed by atoms with Crippen molar-refractivity contribution >= 4 is 28.6 Å². The van der Waals surface area contributed by atoms with Crippen molar-refractivity contribution < 1.29 is 4.79 Å². The number of carbonyl (C=O) groups is 1. The molecule has 0 atom stereocenters. The maximum Gasteiger partial charge on any atom is 0.263 e. The molecule has 1 aliphatic rings. The van der Waals surface area contributed by atoms with E-state index in [4.69, 9.17) is 4.98 Å². The molecule has 1 amide bonds. The quantitative estimate of drug-likeness (QED) is 0.637. The summed E-state index contributed by atoms with van der Waals surface area (Å²) in [6.45, 7) is 0.668. The van der Waals surface area contributed by atoms with Crippen molar-refractivity contribution in [3.05, 3.63) is 57.0 Å². The van der Waals surface area contributed by atoms with Crippen LogP contribution < -0.4 is 5.32 Å². The predicted octanol–water partition coefficient (Wildman–Crippen LogP) is 4.51. The highest BCUT2D eigenvalue weighted by atomic mass is 32.1. The summed E-state index contributed by atoms with van der Waals surface area (Å²) in [6.07, 6.45) is 8.42. The Labute approximate surface area is 161 Å². The fourth-order valence-electron chi connectivity index (χ4n) is 3.13. The van der Waals surface area contributed by atoms with Gasteiger partial charge in [-0.1, -0.05) is 30.3 Å². The summed E-state index contributed by atoms with van der Waals surface area (Å²) >= 11 is 3.29. The Morgan fingerprint density at radius 2 is 1.96 bits per heavy atom. The normalized spacial score (nSPS) is 13.4. The number of thiazole rings is 2. The molecule has 2 aromatic heterocycles. The molecule has 0 aliphatic heterocycles. The number of nitrogens with zero attached hydrogens (tertiary/aromatic N) is 2. The molecule has 1 aromatic carbocycles. The number of amides is 1. The molecule has 0 spiro atoms. The molecular weight excluding hydrogens is 362 g/mol. The zero-order valence-corrected chi connectivity index (χ0v) is 16.2. The number of nitrogens with one attached hydrogen (secondary N) is 1. The van der Waals surface area contributed by atoms with Gasteiger partial charge in [0.1, 0.15) is 9.88 Å². The van der Waals surface area contributed by atoms with Crippen molar-refractivity contribution in [1.82, 2.24) is 15.3 Å². The van der Waals surface area contributed by atoms with Gasteiger partial charge in [-0.15, -0.1) is 22.7 Å². The number of hydrogen-bond acceptors (Lipinski definition) is 5. The van der Waals surface area contributed by atoms with Crippen LogP contribution in [0.2, 0.25) is 0 Å². The lowest BCUT2D eigenvalue weighted by Gasteiger charge is -2.06. The lowest BCUT2D eigenvalue weighted by atomic mass is 10.0. The average molecular weight is 384 g/mol. The molecular formula is C20H21N3OS2. The van der Waals surface area contributed by atoms with E-state index >= 15 is 0 Å².